The van der Waals surface area contributed by atoms with E-state index >= 15 is 0 Å². The third-order valence-corrected chi connectivity index (χ3v) is 3.13. The largest absolute Gasteiger partial charge is 0.357 e. The van der Waals surface area contributed by atoms with Crippen molar-refractivity contribution in [3.05, 3.63) is 11.4 Å². The lowest BCUT2D eigenvalue weighted by atomic mass is 10.2. The lowest BCUT2D eigenvalue weighted by Crippen LogP contribution is -2.35. The molecule has 0 amide bonds. The molecule has 0 aliphatic carbocycles. The summed E-state index contributed by atoms with van der Waals surface area (Å²) in [5, 5.41) is 0. The van der Waals surface area contributed by atoms with Crippen molar-refractivity contribution in [1.29, 1.82) is 0 Å². The minimum absolute atomic E-state index is 0.548. The highest BCUT2D eigenvalue weighted by molar-refractivity contribution is 5.17. The second-order valence-electron chi connectivity index (χ2n) is 3.81. The third kappa shape index (κ3) is 1.67. The molecule has 0 saturated heterocycles. The van der Waals surface area contributed by atoms with Crippen LogP contribution < -0.4 is 0 Å². The highest BCUT2D eigenvalue weighted by Gasteiger charge is 2.28. The maximum atomic E-state index is 2.50. The molecule has 0 aromatic carbocycles. The van der Waals surface area contributed by atoms with Crippen LogP contribution in [0.25, 0.3) is 0 Å². The first-order chi connectivity index (χ1) is 6.13. The monoisotopic (exact) mass is 182 g/mol. The predicted molar refractivity (Wildman–Crippen MR) is 57.2 cm³/mol. The number of allylic oxidation sites excluding steroid dienone is 2. The van der Waals surface area contributed by atoms with Crippen LogP contribution in [0.4, 0.5) is 0 Å². The van der Waals surface area contributed by atoms with Crippen LogP contribution in [0.5, 0.6) is 0 Å². The molecule has 1 rings (SSSR count). The summed E-state index contributed by atoms with van der Waals surface area (Å²) in [7, 11) is 2.19. The fourth-order valence-corrected chi connectivity index (χ4v) is 2.14. The summed E-state index contributed by atoms with van der Waals surface area (Å²) in [4.78, 5) is 4.87. The van der Waals surface area contributed by atoms with E-state index in [1.807, 2.05) is 0 Å². The van der Waals surface area contributed by atoms with E-state index in [1.54, 1.807) is 5.70 Å². The van der Waals surface area contributed by atoms with E-state index in [9.17, 15) is 0 Å². The van der Waals surface area contributed by atoms with Crippen molar-refractivity contribution in [3.8, 4) is 0 Å². The van der Waals surface area contributed by atoms with Crippen LogP contribution in [0, 0.1) is 0 Å². The number of rotatable bonds is 3. The highest BCUT2D eigenvalue weighted by atomic mass is 15.4. The number of nitrogens with zero attached hydrogens (tertiary/aromatic N) is 2. The Kier molecular flexibility index (Phi) is 3.23. The third-order valence-electron chi connectivity index (χ3n) is 3.13. The van der Waals surface area contributed by atoms with E-state index in [0.29, 0.717) is 6.17 Å². The maximum absolute atomic E-state index is 2.50. The molecule has 0 bridgehead atoms. The van der Waals surface area contributed by atoms with Gasteiger partial charge in [-0.05, 0) is 27.2 Å². The quantitative estimate of drug-likeness (QED) is 0.662. The van der Waals surface area contributed by atoms with Crippen molar-refractivity contribution in [2.75, 3.05) is 13.6 Å². The van der Waals surface area contributed by atoms with E-state index in [-0.39, 0.29) is 0 Å². The Balaban J connectivity index is 2.84. The van der Waals surface area contributed by atoms with Crippen molar-refractivity contribution in [1.82, 2.24) is 9.80 Å². The lowest BCUT2D eigenvalue weighted by molar-refractivity contribution is 0.183. The lowest BCUT2D eigenvalue weighted by Gasteiger charge is -2.28. The second kappa shape index (κ2) is 4.03. The van der Waals surface area contributed by atoms with E-state index in [4.69, 9.17) is 0 Å². The van der Waals surface area contributed by atoms with Gasteiger partial charge in [0.2, 0.25) is 0 Å². The molecule has 76 valence electrons. The summed E-state index contributed by atoms with van der Waals surface area (Å²) in [5.74, 6) is 0. The van der Waals surface area contributed by atoms with Gasteiger partial charge < -0.3 is 9.80 Å². The predicted octanol–water partition coefficient (Wildman–Crippen LogP) is 2.63. The Morgan fingerprint density at radius 1 is 1.31 bits per heavy atom. The molecule has 0 aromatic rings. The van der Waals surface area contributed by atoms with E-state index in [2.05, 4.69) is 44.5 Å². The fourth-order valence-electron chi connectivity index (χ4n) is 2.14. The average molecular weight is 182 g/mol. The van der Waals surface area contributed by atoms with Gasteiger partial charge in [0.15, 0.2) is 0 Å². The van der Waals surface area contributed by atoms with Crippen LogP contribution in [-0.4, -0.2) is 29.6 Å². The number of hydrogen-bond donors (Lipinski definition) is 0. The summed E-state index contributed by atoms with van der Waals surface area (Å²) in [6, 6.07) is 0. The van der Waals surface area contributed by atoms with E-state index < -0.39 is 0 Å². The summed E-state index contributed by atoms with van der Waals surface area (Å²) < 4.78 is 0. The normalized spacial score (nSPS) is 23.3. The minimum atomic E-state index is 0.548. The van der Waals surface area contributed by atoms with Gasteiger partial charge in [0.05, 0.1) is 6.17 Å². The topological polar surface area (TPSA) is 6.48 Å². The van der Waals surface area contributed by atoms with Gasteiger partial charge in [-0.15, -0.1) is 0 Å². The second-order valence-corrected chi connectivity index (χ2v) is 3.81. The molecule has 2 nitrogen and oxygen atoms in total. The molecule has 1 aliphatic rings. The van der Waals surface area contributed by atoms with Crippen LogP contribution in [0.15, 0.2) is 11.4 Å². The van der Waals surface area contributed by atoms with Crippen LogP contribution in [0.1, 0.15) is 40.5 Å². The van der Waals surface area contributed by atoms with Crippen LogP contribution in [0.2, 0.25) is 0 Å². The molecule has 0 spiro atoms. The summed E-state index contributed by atoms with van der Waals surface area (Å²) in [5.41, 5.74) is 3.00. The van der Waals surface area contributed by atoms with E-state index in [0.717, 1.165) is 6.54 Å². The average Bonchev–Trinajstić information content (AvgIpc) is 2.32. The van der Waals surface area contributed by atoms with Gasteiger partial charge in [-0.3, -0.25) is 0 Å². The standard InChI is InChI=1S/C11H22N2/c1-6-8-11-9(3)12(5)10(4)13(11)7-2/h10H,6-8H2,1-5H3. The summed E-state index contributed by atoms with van der Waals surface area (Å²) >= 11 is 0. The highest BCUT2D eigenvalue weighted by Crippen LogP contribution is 2.29. The molecule has 1 unspecified atom stereocenters. The Morgan fingerprint density at radius 2 is 1.92 bits per heavy atom. The van der Waals surface area contributed by atoms with Gasteiger partial charge in [-0.1, -0.05) is 13.3 Å². The van der Waals surface area contributed by atoms with Crippen molar-refractivity contribution in [2.24, 2.45) is 0 Å². The van der Waals surface area contributed by atoms with Crippen molar-refractivity contribution >= 4 is 0 Å². The van der Waals surface area contributed by atoms with Crippen molar-refractivity contribution < 1.29 is 0 Å². The molecule has 13 heavy (non-hydrogen) atoms. The van der Waals surface area contributed by atoms with Gasteiger partial charge in [0, 0.05) is 25.0 Å². The smallest absolute Gasteiger partial charge is 0.0979 e. The SMILES string of the molecule is CCCC1=C(C)N(C)C(C)N1CC. The fraction of sp³-hybridized carbons (Fsp3) is 0.818. The first kappa shape index (κ1) is 10.4. The van der Waals surface area contributed by atoms with Crippen molar-refractivity contribution in [2.45, 2.75) is 46.7 Å². The molecule has 1 aliphatic heterocycles. The molecule has 2 heteroatoms. The molecule has 1 atom stereocenters. The van der Waals surface area contributed by atoms with Gasteiger partial charge in [-0.25, -0.2) is 0 Å². The minimum Gasteiger partial charge on any atom is -0.357 e. The summed E-state index contributed by atoms with van der Waals surface area (Å²) in [6.07, 6.45) is 3.00. The molecule has 0 fully saturated rings. The molecule has 0 aromatic heterocycles. The first-order valence-corrected chi connectivity index (χ1v) is 5.32. The van der Waals surface area contributed by atoms with Gasteiger partial charge in [0.25, 0.3) is 0 Å². The molecule has 0 saturated carbocycles. The Hall–Kier alpha value is -0.660. The molecular weight excluding hydrogens is 160 g/mol. The molecule has 0 N–H and O–H groups in total. The molecular formula is C11H22N2. The summed E-state index contributed by atoms with van der Waals surface area (Å²) in [6.45, 7) is 10.1. The zero-order valence-electron chi connectivity index (χ0n) is 9.59. The maximum Gasteiger partial charge on any atom is 0.0979 e. The van der Waals surface area contributed by atoms with Crippen LogP contribution >= 0.6 is 0 Å². The molecule has 0 radical (unpaired) electrons. The first-order valence-electron chi connectivity index (χ1n) is 5.32. The molecule has 1 heterocycles. The van der Waals surface area contributed by atoms with Crippen LogP contribution in [0.3, 0.4) is 0 Å². The van der Waals surface area contributed by atoms with Gasteiger partial charge >= 0.3 is 0 Å². The van der Waals surface area contributed by atoms with Crippen molar-refractivity contribution in [3.63, 3.8) is 0 Å². The Morgan fingerprint density at radius 3 is 2.38 bits per heavy atom. The Bertz CT molecular complexity index is 208. The Labute approximate surface area is 82.2 Å². The zero-order valence-corrected chi connectivity index (χ0v) is 9.59. The number of hydrogen-bond acceptors (Lipinski definition) is 2. The van der Waals surface area contributed by atoms with Crippen LogP contribution in [-0.2, 0) is 0 Å². The van der Waals surface area contributed by atoms with Gasteiger partial charge in [-0.2, -0.15) is 0 Å². The van der Waals surface area contributed by atoms with Gasteiger partial charge in [0.1, 0.15) is 0 Å². The van der Waals surface area contributed by atoms with E-state index in [1.165, 1.54) is 18.5 Å². The zero-order chi connectivity index (χ0) is 10.0.